The van der Waals surface area contributed by atoms with Gasteiger partial charge >= 0.3 is 5.97 Å². The second-order valence-electron chi connectivity index (χ2n) is 4.96. The number of carbonyl (C=O) groups excluding carboxylic acids is 1. The maximum atomic E-state index is 11.9. The highest BCUT2D eigenvalue weighted by molar-refractivity contribution is 5.94. The molecule has 1 aromatic carbocycles. The van der Waals surface area contributed by atoms with Crippen LogP contribution in [0.3, 0.4) is 0 Å². The van der Waals surface area contributed by atoms with Crippen molar-refractivity contribution in [2.24, 2.45) is 0 Å². The number of aromatic nitrogens is 3. The summed E-state index contributed by atoms with van der Waals surface area (Å²) in [7, 11) is 0. The minimum Gasteiger partial charge on any atom is -0.459 e. The molecule has 0 spiro atoms. The molecular weight excluding hydrogens is 266 g/mol. The predicted octanol–water partition coefficient (Wildman–Crippen LogP) is 2.99. The quantitative estimate of drug-likeness (QED) is 0.692. The Kier molecular flexibility index (Phi) is 3.39. The molecule has 0 saturated carbocycles. The summed E-state index contributed by atoms with van der Waals surface area (Å²) in [4.78, 5) is 20.5. The number of nitrogens with zero attached hydrogens (tertiary/aromatic N) is 3. The van der Waals surface area contributed by atoms with Gasteiger partial charge in [-0.05, 0) is 44.2 Å². The number of pyridine rings is 1. The van der Waals surface area contributed by atoms with Crippen molar-refractivity contribution in [1.29, 1.82) is 0 Å². The second-order valence-corrected chi connectivity index (χ2v) is 4.96. The van der Waals surface area contributed by atoms with E-state index in [1.807, 2.05) is 42.7 Å². The Balaban J connectivity index is 2.00. The molecule has 0 aliphatic carbocycles. The van der Waals surface area contributed by atoms with E-state index in [1.165, 1.54) is 0 Å². The van der Waals surface area contributed by atoms with Crippen LogP contribution in [-0.4, -0.2) is 26.6 Å². The van der Waals surface area contributed by atoms with E-state index in [0.29, 0.717) is 5.56 Å². The van der Waals surface area contributed by atoms with E-state index in [4.69, 9.17) is 4.74 Å². The van der Waals surface area contributed by atoms with Crippen LogP contribution < -0.4 is 0 Å². The summed E-state index contributed by atoms with van der Waals surface area (Å²) in [6.45, 7) is 3.65. The van der Waals surface area contributed by atoms with Crippen LogP contribution in [0.15, 0.2) is 48.9 Å². The molecule has 0 radical (unpaired) electrons. The van der Waals surface area contributed by atoms with E-state index in [0.717, 1.165) is 16.9 Å². The summed E-state index contributed by atoms with van der Waals surface area (Å²) >= 11 is 0. The first-order chi connectivity index (χ1) is 10.1. The van der Waals surface area contributed by atoms with Crippen LogP contribution >= 0.6 is 0 Å². The highest BCUT2D eigenvalue weighted by Crippen LogP contribution is 2.19. The van der Waals surface area contributed by atoms with E-state index in [-0.39, 0.29) is 12.1 Å². The fourth-order valence-corrected chi connectivity index (χ4v) is 2.10. The van der Waals surface area contributed by atoms with Crippen LogP contribution in [0.25, 0.3) is 16.9 Å². The van der Waals surface area contributed by atoms with E-state index < -0.39 is 0 Å². The van der Waals surface area contributed by atoms with E-state index >= 15 is 0 Å². The number of imidazole rings is 1. The summed E-state index contributed by atoms with van der Waals surface area (Å²) < 4.78 is 7.07. The van der Waals surface area contributed by atoms with Crippen molar-refractivity contribution in [2.75, 3.05) is 0 Å². The summed E-state index contributed by atoms with van der Waals surface area (Å²) in [5.74, 6) is 0.455. The lowest BCUT2D eigenvalue weighted by Gasteiger charge is -2.08. The number of rotatable bonds is 3. The van der Waals surface area contributed by atoms with Gasteiger partial charge in [0.25, 0.3) is 0 Å². The largest absolute Gasteiger partial charge is 0.459 e. The third-order valence-corrected chi connectivity index (χ3v) is 3.02. The molecule has 5 heteroatoms. The molecule has 21 heavy (non-hydrogen) atoms. The average Bonchev–Trinajstić information content (AvgIpc) is 2.90. The number of carbonyl (C=O) groups is 1. The van der Waals surface area contributed by atoms with Gasteiger partial charge in [-0.1, -0.05) is 6.07 Å². The molecule has 0 atom stereocenters. The first-order valence-corrected chi connectivity index (χ1v) is 6.74. The number of esters is 1. The zero-order valence-electron chi connectivity index (χ0n) is 11.9. The van der Waals surface area contributed by atoms with Crippen LogP contribution in [-0.2, 0) is 4.74 Å². The van der Waals surface area contributed by atoms with Crippen LogP contribution in [0.5, 0.6) is 0 Å². The fraction of sp³-hybridized carbons (Fsp3) is 0.188. The lowest BCUT2D eigenvalue weighted by Crippen LogP contribution is -2.11. The Morgan fingerprint density at radius 3 is 2.76 bits per heavy atom. The lowest BCUT2D eigenvalue weighted by molar-refractivity contribution is 0.0378. The number of fused-ring (bicyclic) bond motifs is 1. The highest BCUT2D eigenvalue weighted by atomic mass is 16.5. The molecule has 0 bridgehead atoms. The number of ether oxygens (including phenoxy) is 1. The monoisotopic (exact) mass is 281 g/mol. The molecule has 0 N–H and O–H groups in total. The zero-order valence-corrected chi connectivity index (χ0v) is 11.9. The Hall–Kier alpha value is -2.69. The molecule has 0 aliphatic rings. The molecule has 0 aliphatic heterocycles. The Morgan fingerprint density at radius 2 is 2.05 bits per heavy atom. The minimum absolute atomic E-state index is 0.140. The summed E-state index contributed by atoms with van der Waals surface area (Å²) in [6, 6.07) is 11.0. The molecule has 2 heterocycles. The Bertz CT molecular complexity index is 779. The van der Waals surface area contributed by atoms with Crippen LogP contribution in [0.4, 0.5) is 0 Å². The van der Waals surface area contributed by atoms with E-state index in [1.54, 1.807) is 24.7 Å². The first-order valence-electron chi connectivity index (χ1n) is 6.74. The molecule has 0 saturated heterocycles. The lowest BCUT2D eigenvalue weighted by atomic mass is 10.2. The second kappa shape index (κ2) is 5.36. The SMILES string of the molecule is CC(C)OC(=O)c1ccc2c(c1)ncn2-c1ccccn1. The van der Waals surface area contributed by atoms with Gasteiger partial charge in [0.2, 0.25) is 0 Å². The molecule has 0 fully saturated rings. The molecule has 0 amide bonds. The third-order valence-electron chi connectivity index (χ3n) is 3.02. The van der Waals surface area contributed by atoms with Crippen molar-refractivity contribution in [3.05, 3.63) is 54.5 Å². The number of hydrogen-bond acceptors (Lipinski definition) is 4. The summed E-state index contributed by atoms with van der Waals surface area (Å²) in [6.07, 6.45) is 3.29. The minimum atomic E-state index is -0.334. The average molecular weight is 281 g/mol. The van der Waals surface area contributed by atoms with Gasteiger partial charge in [0, 0.05) is 6.20 Å². The maximum absolute atomic E-state index is 11.9. The van der Waals surface area contributed by atoms with Crippen molar-refractivity contribution in [2.45, 2.75) is 20.0 Å². The zero-order chi connectivity index (χ0) is 14.8. The van der Waals surface area contributed by atoms with Crippen molar-refractivity contribution in [1.82, 2.24) is 14.5 Å². The van der Waals surface area contributed by atoms with Gasteiger partial charge in [-0.2, -0.15) is 0 Å². The summed E-state index contributed by atoms with van der Waals surface area (Å²) in [5, 5.41) is 0. The van der Waals surface area contributed by atoms with Gasteiger partial charge in [-0.3, -0.25) is 4.57 Å². The number of benzene rings is 1. The molecular formula is C16H15N3O2. The molecule has 3 rings (SSSR count). The van der Waals surface area contributed by atoms with Crippen molar-refractivity contribution >= 4 is 17.0 Å². The van der Waals surface area contributed by atoms with Crippen molar-refractivity contribution < 1.29 is 9.53 Å². The van der Waals surface area contributed by atoms with Crippen molar-refractivity contribution in [3.8, 4) is 5.82 Å². The topological polar surface area (TPSA) is 57.0 Å². The van der Waals surface area contributed by atoms with Gasteiger partial charge in [0.15, 0.2) is 0 Å². The Labute approximate surface area is 122 Å². The smallest absolute Gasteiger partial charge is 0.338 e. The molecule has 0 unspecified atom stereocenters. The summed E-state index contributed by atoms with van der Waals surface area (Å²) in [5.41, 5.74) is 2.14. The Morgan fingerprint density at radius 1 is 1.19 bits per heavy atom. The number of hydrogen-bond donors (Lipinski definition) is 0. The standard InChI is InChI=1S/C16H15N3O2/c1-11(2)21-16(20)12-6-7-14-13(9-12)18-10-19(14)15-5-3-4-8-17-15/h3-11H,1-2H3. The molecule has 3 aromatic rings. The van der Waals surface area contributed by atoms with Crippen molar-refractivity contribution in [3.63, 3.8) is 0 Å². The van der Waals surface area contributed by atoms with E-state index in [9.17, 15) is 4.79 Å². The molecule has 106 valence electrons. The maximum Gasteiger partial charge on any atom is 0.338 e. The highest BCUT2D eigenvalue weighted by Gasteiger charge is 2.12. The van der Waals surface area contributed by atoms with Gasteiger partial charge in [-0.25, -0.2) is 14.8 Å². The van der Waals surface area contributed by atoms with Gasteiger partial charge < -0.3 is 4.74 Å². The van der Waals surface area contributed by atoms with Crippen LogP contribution in [0.2, 0.25) is 0 Å². The van der Waals surface area contributed by atoms with Gasteiger partial charge in [0.1, 0.15) is 12.1 Å². The molecule has 5 nitrogen and oxygen atoms in total. The third kappa shape index (κ3) is 2.63. The van der Waals surface area contributed by atoms with Gasteiger partial charge in [0.05, 0.1) is 22.7 Å². The molecule has 2 aromatic heterocycles. The van der Waals surface area contributed by atoms with E-state index in [2.05, 4.69) is 9.97 Å². The first kappa shape index (κ1) is 13.3. The predicted molar refractivity (Wildman–Crippen MR) is 79.4 cm³/mol. The fourth-order valence-electron chi connectivity index (χ4n) is 2.10. The van der Waals surface area contributed by atoms with Crippen LogP contribution in [0, 0.1) is 0 Å². The van der Waals surface area contributed by atoms with Gasteiger partial charge in [-0.15, -0.1) is 0 Å². The van der Waals surface area contributed by atoms with Crippen LogP contribution in [0.1, 0.15) is 24.2 Å². The normalized spacial score (nSPS) is 11.0.